The minimum Gasteiger partial charge on any atom is -0.332 e. The fourth-order valence-corrected chi connectivity index (χ4v) is 3.80. The number of amides is 1. The van der Waals surface area contributed by atoms with E-state index in [1.165, 1.54) is 5.56 Å². The molecule has 1 aromatic heterocycles. The van der Waals surface area contributed by atoms with Crippen LogP contribution in [0.2, 0.25) is 0 Å². The zero-order valence-corrected chi connectivity index (χ0v) is 20.9. The number of anilines is 1. The van der Waals surface area contributed by atoms with Gasteiger partial charge in [-0.15, -0.1) is 10.2 Å². The number of hydrogen-bond acceptors (Lipinski definition) is 4. The summed E-state index contributed by atoms with van der Waals surface area (Å²) < 4.78 is 1.06. The Kier molecular flexibility index (Phi) is 6.52. The fraction of sp³-hybridized carbons (Fsp3) is 0.167. The van der Waals surface area contributed by atoms with Gasteiger partial charge < -0.3 is 5.32 Å². The Labute approximate surface area is 205 Å². The highest BCUT2D eigenvalue weighted by atomic mass is 127. The molecule has 162 valence electrons. The number of aryl methyl sites for hydroxylation is 1. The Bertz CT molecular complexity index is 1300. The molecule has 3 aromatic carbocycles. The molecule has 0 radical (unpaired) electrons. The normalized spacial score (nSPS) is 11.0. The maximum absolute atomic E-state index is 12.4. The van der Waals surface area contributed by atoms with Crippen molar-refractivity contribution in [2.45, 2.75) is 26.7 Å². The second-order valence-electron chi connectivity index (χ2n) is 7.81. The molecule has 1 heterocycles. The average Bonchev–Trinajstić information content (AvgIpc) is 3.17. The maximum Gasteiger partial charge on any atom is 0.257 e. The molecule has 8 heteroatoms. The van der Waals surface area contributed by atoms with Gasteiger partial charge in [0.2, 0.25) is 0 Å². The van der Waals surface area contributed by atoms with E-state index >= 15 is 0 Å². The third-order valence-electron chi connectivity index (χ3n) is 5.10. The number of aromatic nitrogens is 3. The lowest BCUT2D eigenvalue weighted by molar-refractivity contribution is 0.0977. The zero-order valence-electron chi connectivity index (χ0n) is 17.9. The molecule has 0 aliphatic rings. The van der Waals surface area contributed by atoms with Gasteiger partial charge in [-0.1, -0.05) is 26.0 Å². The Morgan fingerprint density at radius 2 is 1.62 bits per heavy atom. The van der Waals surface area contributed by atoms with Crippen LogP contribution in [0.1, 0.15) is 41.3 Å². The highest BCUT2D eigenvalue weighted by molar-refractivity contribution is 14.1. The van der Waals surface area contributed by atoms with Gasteiger partial charge in [-0.05, 0) is 107 Å². The van der Waals surface area contributed by atoms with E-state index in [9.17, 15) is 4.79 Å². The van der Waals surface area contributed by atoms with Gasteiger partial charge in [-0.25, -0.2) is 0 Å². The first-order chi connectivity index (χ1) is 15.3. The van der Waals surface area contributed by atoms with E-state index in [0.29, 0.717) is 11.5 Å². The summed E-state index contributed by atoms with van der Waals surface area (Å²) in [6.45, 7) is 6.29. The molecular weight excluding hydrogens is 533 g/mol. The van der Waals surface area contributed by atoms with Crippen LogP contribution in [0, 0.1) is 10.5 Å². The van der Waals surface area contributed by atoms with Gasteiger partial charge in [-0.3, -0.25) is 10.1 Å². The summed E-state index contributed by atoms with van der Waals surface area (Å²) in [5.74, 6) is 0.216. The molecule has 32 heavy (non-hydrogen) atoms. The maximum atomic E-state index is 12.4. The number of benzene rings is 3. The van der Waals surface area contributed by atoms with Crippen LogP contribution in [-0.2, 0) is 0 Å². The SMILES string of the molecule is Cc1cc2nn(-c3ccc(C(C)C)cc3)nc2cc1NC(=S)NC(=O)c1ccc(I)cc1. The molecule has 0 saturated carbocycles. The van der Waals surface area contributed by atoms with Crippen molar-refractivity contribution >= 4 is 62.5 Å². The van der Waals surface area contributed by atoms with Gasteiger partial charge in [-0.2, -0.15) is 4.80 Å². The molecular formula is C24H22IN5OS. The largest absolute Gasteiger partial charge is 0.332 e. The Hall–Kier alpha value is -2.85. The van der Waals surface area contributed by atoms with Crippen LogP contribution >= 0.6 is 34.8 Å². The van der Waals surface area contributed by atoms with Gasteiger partial charge in [0.25, 0.3) is 5.91 Å². The van der Waals surface area contributed by atoms with E-state index in [1.807, 2.05) is 43.3 Å². The molecule has 0 bridgehead atoms. The number of carbonyl (C=O) groups is 1. The second-order valence-corrected chi connectivity index (χ2v) is 9.46. The molecule has 0 spiro atoms. The van der Waals surface area contributed by atoms with Crippen molar-refractivity contribution in [3.63, 3.8) is 0 Å². The van der Waals surface area contributed by atoms with E-state index in [1.54, 1.807) is 16.9 Å². The molecule has 0 unspecified atom stereocenters. The van der Waals surface area contributed by atoms with Crippen LogP contribution in [0.3, 0.4) is 0 Å². The fourth-order valence-electron chi connectivity index (χ4n) is 3.24. The van der Waals surface area contributed by atoms with Gasteiger partial charge >= 0.3 is 0 Å². The van der Waals surface area contributed by atoms with Crippen LogP contribution in [0.15, 0.2) is 60.7 Å². The highest BCUT2D eigenvalue weighted by Gasteiger charge is 2.12. The summed E-state index contributed by atoms with van der Waals surface area (Å²) in [5.41, 5.74) is 5.96. The van der Waals surface area contributed by atoms with Crippen LogP contribution in [0.4, 0.5) is 5.69 Å². The number of hydrogen-bond donors (Lipinski definition) is 2. The second kappa shape index (κ2) is 9.33. The van der Waals surface area contributed by atoms with E-state index in [0.717, 1.165) is 31.5 Å². The number of fused-ring (bicyclic) bond motifs is 1. The van der Waals surface area contributed by atoms with Gasteiger partial charge in [0, 0.05) is 14.8 Å². The molecule has 0 atom stereocenters. The molecule has 0 aliphatic carbocycles. The van der Waals surface area contributed by atoms with Crippen molar-refractivity contribution in [1.82, 2.24) is 20.3 Å². The number of rotatable bonds is 4. The van der Waals surface area contributed by atoms with Gasteiger partial charge in [0.1, 0.15) is 11.0 Å². The molecule has 4 aromatic rings. The molecule has 0 fully saturated rings. The minimum absolute atomic E-state index is 0.229. The Morgan fingerprint density at radius 1 is 1.00 bits per heavy atom. The number of thiocarbonyl (C=S) groups is 1. The third-order valence-corrected chi connectivity index (χ3v) is 6.02. The predicted octanol–water partition coefficient (Wildman–Crippen LogP) is 5.58. The lowest BCUT2D eigenvalue weighted by atomic mass is 10.0. The summed E-state index contributed by atoms with van der Waals surface area (Å²) in [6.07, 6.45) is 0. The number of nitrogens with zero attached hydrogens (tertiary/aromatic N) is 3. The molecule has 6 nitrogen and oxygen atoms in total. The van der Waals surface area contributed by atoms with Crippen molar-refractivity contribution in [1.29, 1.82) is 0 Å². The van der Waals surface area contributed by atoms with E-state index < -0.39 is 0 Å². The highest BCUT2D eigenvalue weighted by Crippen LogP contribution is 2.23. The van der Waals surface area contributed by atoms with E-state index in [4.69, 9.17) is 12.2 Å². The van der Waals surface area contributed by atoms with Gasteiger partial charge in [0.15, 0.2) is 5.11 Å². The monoisotopic (exact) mass is 555 g/mol. The molecule has 0 saturated heterocycles. The topological polar surface area (TPSA) is 71.8 Å². The molecule has 4 rings (SSSR count). The summed E-state index contributed by atoms with van der Waals surface area (Å²) in [5, 5.41) is 15.3. The predicted molar refractivity (Wildman–Crippen MR) is 141 cm³/mol. The summed E-state index contributed by atoms with van der Waals surface area (Å²) in [7, 11) is 0. The molecule has 0 aliphatic heterocycles. The van der Waals surface area contributed by atoms with Crippen molar-refractivity contribution in [3.05, 3.63) is 80.9 Å². The van der Waals surface area contributed by atoms with Crippen molar-refractivity contribution < 1.29 is 4.79 Å². The number of halogens is 1. The molecule has 1 amide bonds. The smallest absolute Gasteiger partial charge is 0.257 e. The first kappa shape index (κ1) is 22.3. The lowest BCUT2D eigenvalue weighted by Gasteiger charge is -2.11. The average molecular weight is 555 g/mol. The first-order valence-corrected chi connectivity index (χ1v) is 11.6. The van der Waals surface area contributed by atoms with E-state index in [-0.39, 0.29) is 11.0 Å². The first-order valence-electron chi connectivity index (χ1n) is 10.2. The van der Waals surface area contributed by atoms with E-state index in [2.05, 4.69) is 69.4 Å². The standard InChI is InChI=1S/C24H22IN5OS/c1-14(2)16-6-10-19(11-7-16)30-28-21-12-15(3)20(13-22(21)29-30)26-24(32)27-23(31)17-4-8-18(25)9-5-17/h4-14H,1-3H3,(H2,26,27,31,32). The number of nitrogens with one attached hydrogen (secondary N) is 2. The summed E-state index contributed by atoms with van der Waals surface area (Å²) in [4.78, 5) is 14.0. The Morgan fingerprint density at radius 3 is 2.25 bits per heavy atom. The van der Waals surface area contributed by atoms with Gasteiger partial charge in [0.05, 0.1) is 5.69 Å². The quantitative estimate of drug-likeness (QED) is 0.254. The third kappa shape index (κ3) is 4.97. The van der Waals surface area contributed by atoms with Crippen molar-refractivity contribution in [3.8, 4) is 5.69 Å². The van der Waals surface area contributed by atoms with Crippen molar-refractivity contribution in [2.75, 3.05) is 5.32 Å². The summed E-state index contributed by atoms with van der Waals surface area (Å²) >= 11 is 7.55. The lowest BCUT2D eigenvalue weighted by Crippen LogP contribution is -2.34. The van der Waals surface area contributed by atoms with Crippen molar-refractivity contribution in [2.24, 2.45) is 0 Å². The van der Waals surface area contributed by atoms with Crippen LogP contribution in [0.25, 0.3) is 16.7 Å². The van der Waals surface area contributed by atoms with Crippen LogP contribution in [-0.4, -0.2) is 26.0 Å². The Balaban J connectivity index is 1.52. The summed E-state index contributed by atoms with van der Waals surface area (Å²) in [6, 6.07) is 19.4. The number of carbonyl (C=O) groups excluding carboxylic acids is 1. The van der Waals surface area contributed by atoms with Crippen LogP contribution in [0.5, 0.6) is 0 Å². The minimum atomic E-state index is -0.256. The van der Waals surface area contributed by atoms with Crippen LogP contribution < -0.4 is 10.6 Å². The molecule has 2 N–H and O–H groups in total. The zero-order chi connectivity index (χ0) is 22.8.